The van der Waals surface area contributed by atoms with Crippen LogP contribution in [0, 0.1) is 17.1 Å². The number of aliphatic hydroxyl groups is 2. The molecule has 0 saturated carbocycles. The normalized spacial score (nSPS) is 19.7. The van der Waals surface area contributed by atoms with Gasteiger partial charge in [0.1, 0.15) is 27.5 Å². The Morgan fingerprint density at radius 2 is 2.00 bits per heavy atom. The molecule has 1 aromatic carbocycles. The minimum atomic E-state index is -0.435. The maximum absolute atomic E-state index is 13.5. The minimum Gasteiger partial charge on any atom is -0.395 e. The zero-order chi connectivity index (χ0) is 29.5. The zero-order valence-electron chi connectivity index (χ0n) is 23.3. The number of carbonyl (C=O) groups excluding carboxylic acids is 1. The Labute approximate surface area is 250 Å². The van der Waals surface area contributed by atoms with Gasteiger partial charge in [-0.15, -0.1) is 0 Å². The molecule has 0 radical (unpaired) electrons. The molecule has 3 aromatic heterocycles. The monoisotopic (exact) mass is 610 g/mol. The molecule has 2 aliphatic rings. The molecular formula is C28H31FN8O3S2. The Morgan fingerprint density at radius 1 is 1.24 bits per heavy atom. The van der Waals surface area contributed by atoms with Gasteiger partial charge in [-0.25, -0.2) is 14.4 Å². The number of amides is 1. The Bertz CT molecular complexity index is 1640. The molecule has 14 heteroatoms. The van der Waals surface area contributed by atoms with Gasteiger partial charge in [0.05, 0.1) is 24.9 Å². The van der Waals surface area contributed by atoms with Crippen molar-refractivity contribution in [3.05, 3.63) is 45.7 Å². The number of hydrogen-bond acceptors (Lipinski definition) is 11. The number of nitriles is 1. The van der Waals surface area contributed by atoms with Gasteiger partial charge in [0.15, 0.2) is 10.9 Å². The highest BCUT2D eigenvalue weighted by molar-refractivity contribution is 7.17. The van der Waals surface area contributed by atoms with Gasteiger partial charge in [0.2, 0.25) is 10.9 Å². The van der Waals surface area contributed by atoms with E-state index in [4.69, 9.17) is 15.1 Å². The molecule has 220 valence electrons. The van der Waals surface area contributed by atoms with Crippen molar-refractivity contribution in [1.29, 1.82) is 5.26 Å². The molecule has 0 bridgehead atoms. The van der Waals surface area contributed by atoms with Crippen LogP contribution in [0.25, 0.3) is 16.2 Å². The van der Waals surface area contributed by atoms with Crippen molar-refractivity contribution in [3.63, 3.8) is 0 Å². The number of fused-ring (bicyclic) bond motifs is 1. The summed E-state index contributed by atoms with van der Waals surface area (Å²) >= 11 is 2.79. The number of anilines is 2. The predicted molar refractivity (Wildman–Crippen MR) is 158 cm³/mol. The Morgan fingerprint density at radius 3 is 2.67 bits per heavy atom. The van der Waals surface area contributed by atoms with Gasteiger partial charge >= 0.3 is 0 Å². The average Bonchev–Trinajstić information content (AvgIpc) is 3.68. The summed E-state index contributed by atoms with van der Waals surface area (Å²) < 4.78 is 15.3. The van der Waals surface area contributed by atoms with E-state index in [1.165, 1.54) is 34.8 Å². The molecular weight excluding hydrogens is 579 g/mol. The van der Waals surface area contributed by atoms with Crippen LogP contribution < -0.4 is 4.90 Å². The van der Waals surface area contributed by atoms with Gasteiger partial charge in [-0.1, -0.05) is 29.6 Å². The van der Waals surface area contributed by atoms with Crippen LogP contribution in [0.4, 0.5) is 15.3 Å². The second kappa shape index (κ2) is 11.7. The molecule has 2 fully saturated rings. The number of carbonyl (C=O) groups is 1. The van der Waals surface area contributed by atoms with Crippen molar-refractivity contribution in [2.45, 2.75) is 44.2 Å². The average molecular weight is 611 g/mol. The first-order chi connectivity index (χ1) is 20.3. The van der Waals surface area contributed by atoms with E-state index in [0.29, 0.717) is 53.7 Å². The van der Waals surface area contributed by atoms with Gasteiger partial charge < -0.3 is 20.0 Å². The lowest BCUT2D eigenvalue weighted by molar-refractivity contribution is -0.143. The summed E-state index contributed by atoms with van der Waals surface area (Å²) in [6, 6.07) is 8.01. The number of aryl methyl sites for hydroxylation is 1. The molecule has 2 aliphatic heterocycles. The summed E-state index contributed by atoms with van der Waals surface area (Å²) in [7, 11) is 1.88. The summed E-state index contributed by atoms with van der Waals surface area (Å²) in [6.07, 6.45) is 1.72. The Kier molecular flexibility index (Phi) is 7.95. The lowest BCUT2D eigenvalue weighted by Gasteiger charge is -2.41. The summed E-state index contributed by atoms with van der Waals surface area (Å²) in [5.41, 5.74) is 2.04. The zero-order valence-corrected chi connectivity index (χ0v) is 24.9. The maximum Gasteiger partial charge on any atom is 0.236 e. The Hall–Kier alpha value is -3.48. The van der Waals surface area contributed by atoms with Crippen LogP contribution in [-0.2, 0) is 11.2 Å². The van der Waals surface area contributed by atoms with Crippen LogP contribution in [0.2, 0.25) is 0 Å². The molecule has 0 spiro atoms. The number of nitrogens with zero attached hydrogens (tertiary/aromatic N) is 8. The first-order valence-corrected chi connectivity index (χ1v) is 15.5. The SMILES string of the molecule is CCc1nc2sc(C3CCN(CC(=O)N4CC(O)C4)[C@H](CO)C3)nn2c1N(C)c1nc(-c2ccc(F)cc2)c(C#N)s1. The van der Waals surface area contributed by atoms with E-state index in [1.807, 2.05) is 28.3 Å². The Balaban J connectivity index is 1.24. The summed E-state index contributed by atoms with van der Waals surface area (Å²) in [6.45, 7) is 3.63. The van der Waals surface area contributed by atoms with Crippen molar-refractivity contribution in [2.24, 2.45) is 0 Å². The second-order valence-electron chi connectivity index (χ2n) is 10.7. The molecule has 2 atom stereocenters. The van der Waals surface area contributed by atoms with Gasteiger partial charge in [0, 0.05) is 37.7 Å². The van der Waals surface area contributed by atoms with Crippen molar-refractivity contribution in [1.82, 2.24) is 29.4 Å². The first kappa shape index (κ1) is 28.6. The summed E-state index contributed by atoms with van der Waals surface area (Å²) in [4.78, 5) is 29.0. The van der Waals surface area contributed by atoms with Crippen LogP contribution in [0.3, 0.4) is 0 Å². The van der Waals surface area contributed by atoms with Gasteiger partial charge in [-0.05, 0) is 50.1 Å². The largest absolute Gasteiger partial charge is 0.395 e. The van der Waals surface area contributed by atoms with E-state index in [-0.39, 0.29) is 36.8 Å². The fourth-order valence-electron chi connectivity index (χ4n) is 5.61. The fourth-order valence-corrected chi connectivity index (χ4v) is 7.52. The standard InChI is InChI=1S/C28H31FN8O3S2/c1-3-21-26(34(2)27-32-24(22(11-30)41-27)16-4-6-18(29)7-5-16)37-28(31-21)42-25(33-37)17-8-9-35(19(10-17)15-38)14-23(40)36-12-20(39)13-36/h4-7,17,19-20,38-39H,3,8-10,12-15H2,1-2H3/t17?,19-/m0/s1. The highest BCUT2D eigenvalue weighted by Gasteiger charge is 2.35. The van der Waals surface area contributed by atoms with Crippen molar-refractivity contribution in [3.8, 4) is 17.3 Å². The van der Waals surface area contributed by atoms with Crippen LogP contribution in [0.1, 0.15) is 41.3 Å². The number of aliphatic hydroxyl groups excluding tert-OH is 2. The third kappa shape index (κ3) is 5.27. The van der Waals surface area contributed by atoms with E-state index >= 15 is 0 Å². The number of likely N-dealkylation sites (tertiary alicyclic amines) is 2. The molecule has 11 nitrogen and oxygen atoms in total. The van der Waals surface area contributed by atoms with Crippen molar-refractivity contribution in [2.75, 3.05) is 44.7 Å². The molecule has 0 aliphatic carbocycles. The third-order valence-corrected chi connectivity index (χ3v) is 10.1. The highest BCUT2D eigenvalue weighted by Crippen LogP contribution is 2.39. The summed E-state index contributed by atoms with van der Waals surface area (Å²) in [5.74, 6) is 0.520. The van der Waals surface area contributed by atoms with Gasteiger partial charge in [-0.2, -0.15) is 14.9 Å². The predicted octanol–water partition coefficient (Wildman–Crippen LogP) is 3.00. The van der Waals surface area contributed by atoms with Crippen LogP contribution in [-0.4, -0.2) is 97.5 Å². The van der Waals surface area contributed by atoms with Gasteiger partial charge in [-0.3, -0.25) is 9.69 Å². The molecule has 42 heavy (non-hydrogen) atoms. The smallest absolute Gasteiger partial charge is 0.236 e. The van der Waals surface area contributed by atoms with E-state index < -0.39 is 6.10 Å². The summed E-state index contributed by atoms with van der Waals surface area (Å²) in [5, 5.41) is 36.0. The molecule has 2 N–H and O–H groups in total. The molecule has 6 rings (SSSR count). The molecule has 1 unspecified atom stereocenters. The topological polar surface area (TPSA) is 134 Å². The van der Waals surface area contributed by atoms with Crippen LogP contribution in [0.15, 0.2) is 24.3 Å². The minimum absolute atomic E-state index is 0.0194. The number of imidazole rings is 1. The highest BCUT2D eigenvalue weighted by atomic mass is 32.1. The van der Waals surface area contributed by atoms with E-state index in [9.17, 15) is 24.7 Å². The number of aromatic nitrogens is 4. The number of hydrogen-bond donors (Lipinski definition) is 2. The maximum atomic E-state index is 13.5. The third-order valence-electron chi connectivity index (χ3n) is 7.99. The fraction of sp³-hybridized carbons (Fsp3) is 0.464. The quantitative estimate of drug-likeness (QED) is 0.309. The van der Waals surface area contributed by atoms with Crippen molar-refractivity contribution < 1.29 is 19.4 Å². The lowest BCUT2D eigenvalue weighted by atomic mass is 9.91. The van der Waals surface area contributed by atoms with Gasteiger partial charge in [0.25, 0.3) is 0 Å². The van der Waals surface area contributed by atoms with E-state index in [2.05, 4.69) is 6.07 Å². The second-order valence-corrected chi connectivity index (χ2v) is 12.7. The molecule has 1 amide bonds. The van der Waals surface area contributed by atoms with Crippen LogP contribution >= 0.6 is 22.7 Å². The van der Waals surface area contributed by atoms with Crippen LogP contribution in [0.5, 0.6) is 0 Å². The molecule has 4 aromatic rings. The number of benzene rings is 1. The molecule has 2 saturated heterocycles. The first-order valence-electron chi connectivity index (χ1n) is 13.9. The number of piperidine rings is 1. The number of halogens is 1. The van der Waals surface area contributed by atoms with E-state index in [0.717, 1.165) is 27.9 Å². The number of β-amino-alcohol motifs (C(OH)–C–C–N with tert-alkyl or cyclic N) is 1. The van der Waals surface area contributed by atoms with Crippen molar-refractivity contribution >= 4 is 44.5 Å². The number of thiazole rings is 1. The number of rotatable bonds is 8. The van der Waals surface area contributed by atoms with E-state index in [1.54, 1.807) is 17.0 Å². The molecule has 5 heterocycles. The lowest BCUT2D eigenvalue weighted by Crippen LogP contribution is -2.57.